The molecule has 0 saturated carbocycles. The number of rotatable bonds is 5. The minimum absolute atomic E-state index is 0.238. The molecule has 0 radical (unpaired) electrons. The maximum atomic E-state index is 13.7. The third-order valence-corrected chi connectivity index (χ3v) is 3.90. The largest absolute Gasteiger partial charge is 0.494 e. The molecule has 0 aromatic heterocycles. The lowest BCUT2D eigenvalue weighted by Gasteiger charge is -2.31. The van der Waals surface area contributed by atoms with Crippen LogP contribution in [0.2, 0.25) is 0 Å². The van der Waals surface area contributed by atoms with Crippen molar-refractivity contribution in [2.75, 3.05) is 13.7 Å². The van der Waals surface area contributed by atoms with Crippen molar-refractivity contribution >= 4 is 0 Å². The molecule has 1 saturated heterocycles. The molecule has 1 aliphatic rings. The first kappa shape index (κ1) is 15.3. The molecule has 1 heterocycles. The van der Waals surface area contributed by atoms with Gasteiger partial charge in [0.2, 0.25) is 0 Å². The topological polar surface area (TPSA) is 41.5 Å². The summed E-state index contributed by atoms with van der Waals surface area (Å²) in [5, 5.41) is 14.0. The van der Waals surface area contributed by atoms with E-state index in [9.17, 15) is 9.50 Å². The Hall–Kier alpha value is -1.13. The number of piperidine rings is 1. The van der Waals surface area contributed by atoms with Crippen molar-refractivity contribution in [3.63, 3.8) is 0 Å². The summed E-state index contributed by atoms with van der Waals surface area (Å²) < 4.78 is 18.6. The van der Waals surface area contributed by atoms with E-state index in [-0.39, 0.29) is 11.6 Å². The monoisotopic (exact) mass is 281 g/mol. The van der Waals surface area contributed by atoms with E-state index in [1.54, 1.807) is 6.07 Å². The lowest BCUT2D eigenvalue weighted by Crippen LogP contribution is -2.41. The van der Waals surface area contributed by atoms with Gasteiger partial charge >= 0.3 is 0 Å². The molecule has 0 spiro atoms. The van der Waals surface area contributed by atoms with Crippen molar-refractivity contribution in [3.05, 3.63) is 29.6 Å². The number of nitrogens with one attached hydrogen (secondary N) is 1. The smallest absolute Gasteiger partial charge is 0.165 e. The van der Waals surface area contributed by atoms with E-state index in [1.165, 1.54) is 26.0 Å². The molecule has 0 bridgehead atoms. The van der Waals surface area contributed by atoms with E-state index in [4.69, 9.17) is 4.74 Å². The number of methoxy groups -OCH3 is 1. The van der Waals surface area contributed by atoms with Crippen LogP contribution in [0.3, 0.4) is 0 Å². The second-order valence-corrected chi connectivity index (χ2v) is 5.99. The van der Waals surface area contributed by atoms with Gasteiger partial charge in [-0.2, -0.15) is 0 Å². The molecular weight excluding hydrogens is 257 g/mol. The van der Waals surface area contributed by atoms with Gasteiger partial charge in [0.05, 0.1) is 12.7 Å². The Balaban J connectivity index is 1.97. The highest BCUT2D eigenvalue weighted by Crippen LogP contribution is 2.25. The number of ether oxygens (including phenoxy) is 1. The number of halogens is 1. The van der Waals surface area contributed by atoms with Crippen LogP contribution in [0.25, 0.3) is 0 Å². The molecule has 0 amide bonds. The van der Waals surface area contributed by atoms with Gasteiger partial charge in [-0.05, 0) is 50.4 Å². The van der Waals surface area contributed by atoms with Crippen molar-refractivity contribution in [1.82, 2.24) is 5.32 Å². The Labute approximate surface area is 120 Å². The zero-order valence-electron chi connectivity index (χ0n) is 12.3. The Bertz CT molecular complexity index is 442. The van der Waals surface area contributed by atoms with Gasteiger partial charge < -0.3 is 15.2 Å². The highest BCUT2D eigenvalue weighted by Gasteiger charge is 2.27. The van der Waals surface area contributed by atoms with Gasteiger partial charge in [0, 0.05) is 12.5 Å². The normalized spacial score (nSPS) is 22.3. The Morgan fingerprint density at radius 3 is 2.85 bits per heavy atom. The summed E-state index contributed by atoms with van der Waals surface area (Å²) in [6.07, 6.45) is 4.67. The van der Waals surface area contributed by atoms with E-state index >= 15 is 0 Å². The van der Waals surface area contributed by atoms with Crippen LogP contribution in [0.4, 0.5) is 4.39 Å². The van der Waals surface area contributed by atoms with E-state index in [0.717, 1.165) is 18.5 Å². The van der Waals surface area contributed by atoms with Gasteiger partial charge in [-0.25, -0.2) is 4.39 Å². The first-order valence-electron chi connectivity index (χ1n) is 7.28. The molecule has 1 aromatic rings. The first-order chi connectivity index (χ1) is 9.50. The van der Waals surface area contributed by atoms with E-state index < -0.39 is 5.60 Å². The summed E-state index contributed by atoms with van der Waals surface area (Å²) in [5.41, 5.74) is -0.0279. The molecule has 0 aliphatic carbocycles. The Morgan fingerprint density at radius 2 is 2.25 bits per heavy atom. The molecule has 112 valence electrons. The number of hydrogen-bond donors (Lipinski definition) is 2. The van der Waals surface area contributed by atoms with Gasteiger partial charge in [-0.1, -0.05) is 12.5 Å². The van der Waals surface area contributed by atoms with Crippen LogP contribution in [0, 0.1) is 5.82 Å². The number of benzene rings is 1. The summed E-state index contributed by atoms with van der Waals surface area (Å²) in [4.78, 5) is 0. The van der Waals surface area contributed by atoms with Crippen LogP contribution < -0.4 is 10.1 Å². The lowest BCUT2D eigenvalue weighted by atomic mass is 9.87. The maximum Gasteiger partial charge on any atom is 0.165 e. The first-order valence-corrected chi connectivity index (χ1v) is 7.28. The number of hydrogen-bond acceptors (Lipinski definition) is 3. The standard InChI is InChI=1S/C16H24FNO2/c1-16(19,11-13-5-3-4-8-18-13)10-12-6-7-15(20-2)14(17)9-12/h6-7,9,13,18-19H,3-5,8,10-11H2,1-2H3. The molecule has 2 N–H and O–H groups in total. The molecule has 4 heteroatoms. The van der Waals surface area contributed by atoms with Crippen molar-refractivity contribution in [3.8, 4) is 5.75 Å². The predicted molar refractivity (Wildman–Crippen MR) is 77.5 cm³/mol. The SMILES string of the molecule is COc1ccc(CC(C)(O)CC2CCCCN2)cc1F. The van der Waals surface area contributed by atoms with Gasteiger partial charge in [0.15, 0.2) is 11.6 Å². The molecule has 3 nitrogen and oxygen atoms in total. The van der Waals surface area contributed by atoms with Crippen LogP contribution in [0.1, 0.15) is 38.2 Å². The molecule has 1 aromatic carbocycles. The van der Waals surface area contributed by atoms with E-state index in [0.29, 0.717) is 18.9 Å². The predicted octanol–water partition coefficient (Wildman–Crippen LogP) is 2.66. The van der Waals surface area contributed by atoms with Crippen LogP contribution in [-0.2, 0) is 6.42 Å². The summed E-state index contributed by atoms with van der Waals surface area (Å²) >= 11 is 0. The molecule has 1 fully saturated rings. The Kier molecular flexibility index (Phi) is 5.00. The van der Waals surface area contributed by atoms with Crippen molar-refractivity contribution in [2.24, 2.45) is 0 Å². The lowest BCUT2D eigenvalue weighted by molar-refractivity contribution is 0.0371. The third-order valence-electron chi connectivity index (χ3n) is 3.90. The van der Waals surface area contributed by atoms with E-state index in [2.05, 4.69) is 5.32 Å². The average molecular weight is 281 g/mol. The minimum atomic E-state index is -0.823. The molecular formula is C16H24FNO2. The fraction of sp³-hybridized carbons (Fsp3) is 0.625. The van der Waals surface area contributed by atoms with Gasteiger partial charge in [0.1, 0.15) is 0 Å². The van der Waals surface area contributed by atoms with Crippen molar-refractivity contribution in [2.45, 2.75) is 50.7 Å². The Morgan fingerprint density at radius 1 is 1.45 bits per heavy atom. The quantitative estimate of drug-likeness (QED) is 0.872. The second kappa shape index (κ2) is 6.55. The molecule has 20 heavy (non-hydrogen) atoms. The minimum Gasteiger partial charge on any atom is -0.494 e. The average Bonchev–Trinajstić information content (AvgIpc) is 2.39. The third kappa shape index (κ3) is 4.18. The fourth-order valence-corrected chi connectivity index (χ4v) is 2.96. The molecule has 1 aliphatic heterocycles. The highest BCUT2D eigenvalue weighted by atomic mass is 19.1. The van der Waals surface area contributed by atoms with E-state index in [1.807, 2.05) is 13.0 Å². The fourth-order valence-electron chi connectivity index (χ4n) is 2.96. The van der Waals surface area contributed by atoms with Crippen LogP contribution in [-0.4, -0.2) is 30.4 Å². The van der Waals surface area contributed by atoms with Crippen LogP contribution in [0.15, 0.2) is 18.2 Å². The maximum absolute atomic E-state index is 13.7. The zero-order chi connectivity index (χ0) is 14.6. The molecule has 2 unspecified atom stereocenters. The highest BCUT2D eigenvalue weighted by molar-refractivity contribution is 5.30. The van der Waals surface area contributed by atoms with Gasteiger partial charge in [0.25, 0.3) is 0 Å². The molecule has 2 rings (SSSR count). The summed E-state index contributed by atoms with van der Waals surface area (Å²) in [5.74, 6) is -0.140. The molecule has 2 atom stereocenters. The zero-order valence-corrected chi connectivity index (χ0v) is 12.3. The second-order valence-electron chi connectivity index (χ2n) is 5.99. The summed E-state index contributed by atoms with van der Waals surface area (Å²) in [7, 11) is 1.45. The summed E-state index contributed by atoms with van der Waals surface area (Å²) in [6.45, 7) is 2.85. The van der Waals surface area contributed by atoms with Crippen molar-refractivity contribution in [1.29, 1.82) is 0 Å². The van der Waals surface area contributed by atoms with Gasteiger partial charge in [-0.3, -0.25) is 0 Å². The van der Waals surface area contributed by atoms with Crippen LogP contribution >= 0.6 is 0 Å². The van der Waals surface area contributed by atoms with Crippen LogP contribution in [0.5, 0.6) is 5.75 Å². The van der Waals surface area contributed by atoms with Gasteiger partial charge in [-0.15, -0.1) is 0 Å². The van der Waals surface area contributed by atoms with Crippen molar-refractivity contribution < 1.29 is 14.2 Å². The summed E-state index contributed by atoms with van der Waals surface area (Å²) in [6, 6.07) is 5.23. The number of aliphatic hydroxyl groups is 1.